The number of aryl methyl sites for hydroxylation is 1. The number of nitrogens with zero attached hydrogens (tertiary/aromatic N) is 2. The van der Waals surface area contributed by atoms with Crippen LogP contribution in [0.2, 0.25) is 5.04 Å². The smallest absolute Gasteiger partial charge is 0.443 e. The quantitative estimate of drug-likeness (QED) is 0.129. The van der Waals surface area contributed by atoms with Crippen LogP contribution in [0.3, 0.4) is 0 Å². The fourth-order valence-electron chi connectivity index (χ4n) is 7.07. The summed E-state index contributed by atoms with van der Waals surface area (Å²) in [7, 11) is -5.06. The zero-order chi connectivity index (χ0) is 38.3. The van der Waals surface area contributed by atoms with Crippen LogP contribution in [-0.4, -0.2) is 66.9 Å². The highest BCUT2D eigenvalue weighted by Crippen LogP contribution is 2.38. The van der Waals surface area contributed by atoms with Gasteiger partial charge >= 0.3 is 12.1 Å². The third kappa shape index (κ3) is 9.72. The van der Waals surface area contributed by atoms with E-state index in [1.807, 2.05) is 38.1 Å². The molecule has 0 aromatic heterocycles. The summed E-state index contributed by atoms with van der Waals surface area (Å²) in [6, 6.07) is 25.7. The topological polar surface area (TPSA) is 104 Å². The SMILES string of the molecule is COC(=O)[C@@H]1CCCN1[S@@](=O)(=NC(=O)OC(C)(C)C)c1ccc(C)cc1OC(C)C[C@H](C)CCO[Si](c1ccccc1)(c1ccccc1)C(C)(C)C. The van der Waals surface area contributed by atoms with E-state index in [2.05, 4.69) is 80.6 Å². The van der Waals surface area contributed by atoms with Crippen molar-refractivity contribution in [1.29, 1.82) is 0 Å². The van der Waals surface area contributed by atoms with E-state index in [0.29, 0.717) is 31.6 Å². The number of hydrogen-bond acceptors (Lipinski definition) is 7. The third-order valence-corrected chi connectivity index (χ3v) is 16.8. The Morgan fingerprint density at radius 3 is 2.08 bits per heavy atom. The van der Waals surface area contributed by atoms with Gasteiger partial charge in [0.2, 0.25) is 0 Å². The van der Waals surface area contributed by atoms with E-state index in [0.717, 1.165) is 12.0 Å². The van der Waals surface area contributed by atoms with Crippen LogP contribution < -0.4 is 15.1 Å². The van der Waals surface area contributed by atoms with Gasteiger partial charge in [-0.05, 0) is 99.3 Å². The molecule has 1 aliphatic rings. The molecule has 4 atom stereocenters. The molecule has 3 aromatic rings. The third-order valence-electron chi connectivity index (χ3n) is 9.38. The fraction of sp³-hybridized carbons (Fsp3) is 0.512. The highest BCUT2D eigenvalue weighted by Gasteiger charge is 2.50. The van der Waals surface area contributed by atoms with E-state index in [9.17, 15) is 9.59 Å². The molecule has 1 saturated heterocycles. The van der Waals surface area contributed by atoms with Gasteiger partial charge in [0.25, 0.3) is 8.32 Å². The van der Waals surface area contributed by atoms with Crippen molar-refractivity contribution in [1.82, 2.24) is 4.31 Å². The lowest BCUT2D eigenvalue weighted by Gasteiger charge is -2.43. The number of carbonyl (C=O) groups excluding carboxylic acids is 2. The van der Waals surface area contributed by atoms with Crippen molar-refractivity contribution in [3.05, 3.63) is 84.4 Å². The Morgan fingerprint density at radius 2 is 1.54 bits per heavy atom. The van der Waals surface area contributed by atoms with Crippen molar-refractivity contribution in [2.75, 3.05) is 20.3 Å². The number of esters is 1. The second-order valence-electron chi connectivity index (χ2n) is 15.9. The van der Waals surface area contributed by atoms with E-state index in [-0.39, 0.29) is 28.5 Å². The van der Waals surface area contributed by atoms with Crippen LogP contribution in [0.15, 0.2) is 88.1 Å². The van der Waals surface area contributed by atoms with Crippen LogP contribution in [0.25, 0.3) is 0 Å². The molecule has 11 heteroatoms. The zero-order valence-electron chi connectivity index (χ0n) is 32.6. The van der Waals surface area contributed by atoms with Crippen LogP contribution in [0.4, 0.5) is 4.79 Å². The van der Waals surface area contributed by atoms with Gasteiger partial charge in [0.1, 0.15) is 22.3 Å². The Kier molecular flexibility index (Phi) is 13.6. The minimum Gasteiger partial charge on any atom is -0.489 e. The summed E-state index contributed by atoms with van der Waals surface area (Å²) in [4.78, 5) is 26.2. The normalized spacial score (nSPS) is 17.8. The number of hydrogen-bond donors (Lipinski definition) is 0. The predicted molar refractivity (Wildman–Crippen MR) is 210 cm³/mol. The van der Waals surface area contributed by atoms with Crippen LogP contribution in [-0.2, 0) is 28.6 Å². The Labute approximate surface area is 312 Å². The average molecular weight is 751 g/mol. The van der Waals surface area contributed by atoms with Crippen molar-refractivity contribution < 1.29 is 32.4 Å². The molecule has 0 radical (unpaired) electrons. The Morgan fingerprint density at radius 1 is 0.942 bits per heavy atom. The summed E-state index contributed by atoms with van der Waals surface area (Å²) in [5, 5.41) is 2.38. The van der Waals surface area contributed by atoms with E-state index in [1.165, 1.54) is 21.8 Å². The molecule has 9 nitrogen and oxygen atoms in total. The van der Waals surface area contributed by atoms with Crippen LogP contribution >= 0.6 is 0 Å². The maximum absolute atomic E-state index is 15.2. The van der Waals surface area contributed by atoms with Gasteiger partial charge in [-0.3, -0.25) is 4.79 Å². The van der Waals surface area contributed by atoms with Gasteiger partial charge < -0.3 is 18.6 Å². The lowest BCUT2D eigenvalue weighted by atomic mass is 10.0. The van der Waals surface area contributed by atoms with Crippen molar-refractivity contribution in [2.45, 2.75) is 116 Å². The highest BCUT2D eigenvalue weighted by atomic mass is 32.2. The Balaban J connectivity index is 1.59. The van der Waals surface area contributed by atoms with Crippen LogP contribution in [0.1, 0.15) is 86.6 Å². The first-order chi connectivity index (χ1) is 24.4. The maximum Gasteiger partial charge on any atom is 0.443 e. The van der Waals surface area contributed by atoms with Gasteiger partial charge in [-0.1, -0.05) is 94.4 Å². The first-order valence-electron chi connectivity index (χ1n) is 18.3. The van der Waals surface area contributed by atoms with Gasteiger partial charge in [-0.25, -0.2) is 9.00 Å². The fourth-order valence-corrected chi connectivity index (χ4v) is 13.9. The van der Waals surface area contributed by atoms with Crippen LogP contribution in [0.5, 0.6) is 5.75 Å². The Bertz CT molecular complexity index is 1740. The highest BCUT2D eigenvalue weighted by molar-refractivity contribution is 7.91. The summed E-state index contributed by atoms with van der Waals surface area (Å²) in [5.41, 5.74) is 0.0361. The molecule has 1 fully saturated rings. The van der Waals surface area contributed by atoms with E-state index >= 15 is 4.21 Å². The lowest BCUT2D eigenvalue weighted by molar-refractivity contribution is -0.144. The summed E-state index contributed by atoms with van der Waals surface area (Å²) >= 11 is 0. The summed E-state index contributed by atoms with van der Waals surface area (Å²) in [5.74, 6) is 0.0670. The number of rotatable bonds is 13. The minimum absolute atomic E-state index is 0.114. The second-order valence-corrected chi connectivity index (χ2v) is 22.3. The van der Waals surface area contributed by atoms with Gasteiger partial charge in [-0.15, -0.1) is 4.36 Å². The van der Waals surface area contributed by atoms with Crippen molar-refractivity contribution >= 4 is 40.7 Å². The number of methoxy groups -OCH3 is 1. The minimum atomic E-state index is -3.70. The molecule has 0 aliphatic carbocycles. The Hall–Kier alpha value is -3.51. The lowest BCUT2D eigenvalue weighted by Crippen LogP contribution is -2.66. The number of benzene rings is 3. The molecule has 284 valence electrons. The first kappa shape index (κ1) is 41.2. The maximum atomic E-state index is 15.2. The van der Waals surface area contributed by atoms with Crippen molar-refractivity contribution in [2.24, 2.45) is 10.3 Å². The van der Waals surface area contributed by atoms with E-state index in [1.54, 1.807) is 26.8 Å². The molecule has 0 N–H and O–H groups in total. The largest absolute Gasteiger partial charge is 0.489 e. The molecule has 3 aromatic carbocycles. The average Bonchev–Trinajstić information content (AvgIpc) is 3.57. The molecule has 0 saturated carbocycles. The summed E-state index contributed by atoms with van der Waals surface area (Å²) in [6.45, 7) is 19.0. The van der Waals surface area contributed by atoms with Gasteiger partial charge in [-0.2, -0.15) is 4.31 Å². The standard InChI is InChI=1S/C41H58N2O7SSi/c1-30-23-24-37(51(46,42-39(45)50-40(4,5)6)43-26-17-22-35(43)38(44)47-10)36(29-30)49-32(3)28-31(2)25-27-48-52(41(7,8)9,33-18-13-11-14-19-33)34-20-15-12-16-21-34/h11-16,18-21,23-24,29,31-32,35H,17,22,25-28H2,1-10H3/t31-,32?,35+,51+/m1/s1. The van der Waals surface area contributed by atoms with E-state index < -0.39 is 41.9 Å². The molecular weight excluding hydrogens is 693 g/mol. The van der Waals surface area contributed by atoms with Gasteiger partial charge in [0.15, 0.2) is 9.92 Å². The predicted octanol–water partition coefficient (Wildman–Crippen LogP) is 8.07. The molecule has 1 unspecified atom stereocenters. The molecule has 1 amide bonds. The number of ether oxygens (including phenoxy) is 3. The number of carbonyl (C=O) groups is 2. The summed E-state index contributed by atoms with van der Waals surface area (Å²) < 4.78 is 45.1. The first-order valence-corrected chi connectivity index (χ1v) is 21.7. The van der Waals surface area contributed by atoms with Crippen molar-refractivity contribution in [3.8, 4) is 5.75 Å². The molecule has 52 heavy (non-hydrogen) atoms. The monoisotopic (exact) mass is 750 g/mol. The molecule has 1 aliphatic heterocycles. The second kappa shape index (κ2) is 17.1. The molecule has 4 rings (SSSR count). The van der Waals surface area contributed by atoms with Crippen molar-refractivity contribution in [3.63, 3.8) is 0 Å². The molecule has 0 spiro atoms. The number of amides is 1. The molecule has 0 bridgehead atoms. The zero-order valence-corrected chi connectivity index (χ0v) is 34.5. The van der Waals surface area contributed by atoms with Gasteiger partial charge in [0, 0.05) is 13.2 Å². The molecular formula is C41H58N2O7SSi. The summed E-state index contributed by atoms with van der Waals surface area (Å²) in [6.07, 6.45) is 1.30. The molecule has 1 heterocycles. The van der Waals surface area contributed by atoms with Gasteiger partial charge in [0.05, 0.1) is 13.2 Å². The van der Waals surface area contributed by atoms with Crippen LogP contribution in [0, 0.1) is 12.8 Å². The van der Waals surface area contributed by atoms with E-state index in [4.69, 9.17) is 18.6 Å².